The number of aryl methyl sites for hydroxylation is 1. The van der Waals surface area contributed by atoms with Crippen molar-refractivity contribution in [2.45, 2.75) is 24.4 Å². The molecule has 3 aromatic rings. The maximum Gasteiger partial charge on any atom is 0.226 e. The normalized spacial score (nSPS) is 10.9. The molecular formula is C16H15ClN4OS. The molecule has 1 aromatic carbocycles. The number of rotatable bonds is 6. The van der Waals surface area contributed by atoms with Crippen LogP contribution in [0.3, 0.4) is 0 Å². The average molecular weight is 347 g/mol. The zero-order valence-corrected chi connectivity index (χ0v) is 14.1. The van der Waals surface area contributed by atoms with Crippen LogP contribution in [0, 0.1) is 6.92 Å². The van der Waals surface area contributed by atoms with Gasteiger partial charge in [0.1, 0.15) is 12.1 Å². The average Bonchev–Trinajstić information content (AvgIpc) is 3.15. The molecule has 0 spiro atoms. The summed E-state index contributed by atoms with van der Waals surface area (Å²) in [5, 5.41) is 9.81. The minimum absolute atomic E-state index is 0.584. The fourth-order valence-corrected chi connectivity index (χ4v) is 3.04. The summed E-state index contributed by atoms with van der Waals surface area (Å²) in [6, 6.07) is 7.40. The number of hydrogen-bond donors (Lipinski definition) is 0. The predicted octanol–water partition coefficient (Wildman–Crippen LogP) is 4.37. The van der Waals surface area contributed by atoms with Crippen molar-refractivity contribution in [3.63, 3.8) is 0 Å². The maximum absolute atomic E-state index is 5.89. The number of thioether (sulfide) groups is 1. The number of hydrogen-bond acceptors (Lipinski definition) is 5. The highest BCUT2D eigenvalue weighted by Crippen LogP contribution is 2.25. The van der Waals surface area contributed by atoms with Gasteiger partial charge in [0.05, 0.1) is 5.69 Å². The Balaban J connectivity index is 1.70. The van der Waals surface area contributed by atoms with Crippen LogP contribution in [-0.2, 0) is 12.3 Å². The van der Waals surface area contributed by atoms with Crippen LogP contribution >= 0.6 is 23.4 Å². The van der Waals surface area contributed by atoms with Crippen LogP contribution in [0.4, 0.5) is 0 Å². The van der Waals surface area contributed by atoms with Gasteiger partial charge < -0.3 is 8.98 Å². The summed E-state index contributed by atoms with van der Waals surface area (Å²) in [5.74, 6) is 2.11. The Kier molecular flexibility index (Phi) is 4.83. The second-order valence-electron chi connectivity index (χ2n) is 4.87. The third-order valence-electron chi connectivity index (χ3n) is 3.21. The molecule has 2 aromatic heterocycles. The van der Waals surface area contributed by atoms with Gasteiger partial charge in [0.25, 0.3) is 0 Å². The van der Waals surface area contributed by atoms with Gasteiger partial charge in [-0.2, -0.15) is 0 Å². The molecule has 2 heterocycles. The fourth-order valence-electron chi connectivity index (χ4n) is 2.04. The molecule has 0 saturated carbocycles. The first-order valence-corrected chi connectivity index (χ1v) is 8.37. The molecule has 0 aliphatic rings. The maximum atomic E-state index is 5.89. The van der Waals surface area contributed by atoms with Crippen molar-refractivity contribution in [2.75, 3.05) is 0 Å². The van der Waals surface area contributed by atoms with Gasteiger partial charge in [0.15, 0.2) is 5.16 Å². The van der Waals surface area contributed by atoms with E-state index in [-0.39, 0.29) is 0 Å². The highest BCUT2D eigenvalue weighted by molar-refractivity contribution is 7.98. The SMILES string of the molecule is C=CCn1c(C)nnc1SCc1coc(-c2ccc(Cl)cc2)n1. The summed E-state index contributed by atoms with van der Waals surface area (Å²) in [4.78, 5) is 4.50. The Labute approximate surface area is 143 Å². The molecule has 0 bridgehead atoms. The third-order valence-corrected chi connectivity index (χ3v) is 4.46. The van der Waals surface area contributed by atoms with Gasteiger partial charge in [-0.15, -0.1) is 16.8 Å². The zero-order chi connectivity index (χ0) is 16.2. The van der Waals surface area contributed by atoms with E-state index in [2.05, 4.69) is 21.8 Å². The van der Waals surface area contributed by atoms with Crippen LogP contribution in [0.1, 0.15) is 11.5 Å². The topological polar surface area (TPSA) is 56.7 Å². The second-order valence-corrected chi connectivity index (χ2v) is 6.25. The van der Waals surface area contributed by atoms with Gasteiger partial charge in [0.2, 0.25) is 5.89 Å². The Morgan fingerprint density at radius 2 is 2.09 bits per heavy atom. The fraction of sp³-hybridized carbons (Fsp3) is 0.188. The van der Waals surface area contributed by atoms with E-state index in [1.807, 2.05) is 41.8 Å². The van der Waals surface area contributed by atoms with Crippen LogP contribution in [0.5, 0.6) is 0 Å². The van der Waals surface area contributed by atoms with Crippen LogP contribution in [0.25, 0.3) is 11.5 Å². The molecule has 118 valence electrons. The molecule has 0 saturated heterocycles. The largest absolute Gasteiger partial charge is 0.444 e. The molecule has 7 heteroatoms. The van der Waals surface area contributed by atoms with Crippen molar-refractivity contribution in [2.24, 2.45) is 0 Å². The number of oxazole rings is 1. The molecule has 23 heavy (non-hydrogen) atoms. The van der Waals surface area contributed by atoms with E-state index in [4.69, 9.17) is 16.0 Å². The van der Waals surface area contributed by atoms with Gasteiger partial charge in [0, 0.05) is 22.9 Å². The first kappa shape index (κ1) is 15.8. The van der Waals surface area contributed by atoms with Crippen LogP contribution in [0.15, 0.2) is 52.8 Å². The number of aromatic nitrogens is 4. The number of nitrogens with zero attached hydrogens (tertiary/aromatic N) is 4. The highest BCUT2D eigenvalue weighted by atomic mass is 35.5. The smallest absolute Gasteiger partial charge is 0.226 e. The molecule has 5 nitrogen and oxygen atoms in total. The van der Waals surface area contributed by atoms with E-state index in [9.17, 15) is 0 Å². The van der Waals surface area contributed by atoms with Gasteiger partial charge >= 0.3 is 0 Å². The summed E-state index contributed by atoms with van der Waals surface area (Å²) in [5.41, 5.74) is 1.75. The van der Waals surface area contributed by atoms with Crippen LogP contribution in [-0.4, -0.2) is 19.7 Å². The van der Waals surface area contributed by atoms with Crippen molar-refractivity contribution in [1.82, 2.24) is 19.7 Å². The molecule has 0 aliphatic heterocycles. The first-order valence-electron chi connectivity index (χ1n) is 7.01. The number of benzene rings is 1. The summed E-state index contributed by atoms with van der Waals surface area (Å²) in [6.45, 7) is 6.37. The molecule has 0 amide bonds. The Hall–Kier alpha value is -2.05. The van der Waals surface area contributed by atoms with Crippen molar-refractivity contribution < 1.29 is 4.42 Å². The monoisotopic (exact) mass is 346 g/mol. The van der Waals surface area contributed by atoms with Gasteiger partial charge in [-0.1, -0.05) is 29.4 Å². The molecule has 0 atom stereocenters. The lowest BCUT2D eigenvalue weighted by Gasteiger charge is -2.03. The van der Waals surface area contributed by atoms with Gasteiger partial charge in [-0.25, -0.2) is 4.98 Å². The van der Waals surface area contributed by atoms with Crippen LogP contribution in [0.2, 0.25) is 5.02 Å². The minimum atomic E-state index is 0.584. The van der Waals surface area contributed by atoms with E-state index in [1.165, 1.54) is 0 Å². The predicted molar refractivity (Wildman–Crippen MR) is 91.5 cm³/mol. The molecule has 0 N–H and O–H groups in total. The van der Waals surface area contributed by atoms with Crippen molar-refractivity contribution >= 4 is 23.4 Å². The van der Waals surface area contributed by atoms with E-state index in [0.717, 1.165) is 22.2 Å². The Bertz CT molecular complexity index is 810. The van der Waals surface area contributed by atoms with Crippen molar-refractivity contribution in [3.05, 3.63) is 59.7 Å². The molecule has 0 aliphatic carbocycles. The minimum Gasteiger partial charge on any atom is -0.444 e. The first-order chi connectivity index (χ1) is 11.2. The highest BCUT2D eigenvalue weighted by Gasteiger charge is 2.11. The quantitative estimate of drug-likeness (QED) is 0.490. The lowest BCUT2D eigenvalue weighted by Crippen LogP contribution is -2.00. The standard InChI is InChI=1S/C16H15ClN4OS/c1-3-8-21-11(2)19-20-16(21)23-10-14-9-22-15(18-14)12-4-6-13(17)7-5-12/h3-7,9H,1,8,10H2,2H3. The number of allylic oxidation sites excluding steroid dienone is 1. The molecule has 0 radical (unpaired) electrons. The van der Waals surface area contributed by atoms with E-state index >= 15 is 0 Å². The van der Waals surface area contributed by atoms with Crippen molar-refractivity contribution in [3.8, 4) is 11.5 Å². The van der Waals surface area contributed by atoms with E-state index < -0.39 is 0 Å². The van der Waals surface area contributed by atoms with Gasteiger partial charge in [-0.05, 0) is 31.2 Å². The van der Waals surface area contributed by atoms with Crippen molar-refractivity contribution in [1.29, 1.82) is 0 Å². The lowest BCUT2D eigenvalue weighted by molar-refractivity contribution is 0.573. The molecule has 0 fully saturated rings. The summed E-state index contributed by atoms with van der Waals surface area (Å²) >= 11 is 7.46. The summed E-state index contributed by atoms with van der Waals surface area (Å²) < 4.78 is 7.55. The number of halogens is 1. The summed E-state index contributed by atoms with van der Waals surface area (Å²) in [6.07, 6.45) is 3.49. The molecular weight excluding hydrogens is 332 g/mol. The van der Waals surface area contributed by atoms with E-state index in [1.54, 1.807) is 18.0 Å². The third kappa shape index (κ3) is 3.65. The van der Waals surface area contributed by atoms with Crippen LogP contribution < -0.4 is 0 Å². The molecule has 3 rings (SSSR count). The lowest BCUT2D eigenvalue weighted by atomic mass is 10.2. The summed E-state index contributed by atoms with van der Waals surface area (Å²) in [7, 11) is 0. The second kappa shape index (κ2) is 7.02. The molecule has 0 unspecified atom stereocenters. The Morgan fingerprint density at radius 3 is 2.83 bits per heavy atom. The van der Waals surface area contributed by atoms with E-state index in [0.29, 0.717) is 23.2 Å². The van der Waals surface area contributed by atoms with Gasteiger partial charge in [-0.3, -0.25) is 0 Å². The Morgan fingerprint density at radius 1 is 1.30 bits per heavy atom. The zero-order valence-electron chi connectivity index (χ0n) is 12.6.